The normalized spacial score (nSPS) is 10.5. The predicted molar refractivity (Wildman–Crippen MR) is 66.2 cm³/mol. The Morgan fingerprint density at radius 1 is 1.27 bits per heavy atom. The van der Waals surface area contributed by atoms with Crippen LogP contribution in [0.15, 0.2) is 47.2 Å². The molecule has 0 saturated heterocycles. The molecule has 0 amide bonds. The minimum absolute atomic E-state index is 0.697. The van der Waals surface area contributed by atoms with Crippen LogP contribution in [0.2, 0.25) is 0 Å². The molecule has 3 heteroatoms. The van der Waals surface area contributed by atoms with E-state index in [1.165, 1.54) is 5.56 Å². The molecule has 2 N–H and O–H groups in total. The van der Waals surface area contributed by atoms with Crippen LogP contribution >= 0.6 is 15.9 Å². The summed E-state index contributed by atoms with van der Waals surface area (Å²) in [5.74, 6) is 0. The first-order chi connectivity index (χ1) is 7.29. The summed E-state index contributed by atoms with van der Waals surface area (Å²) in [5, 5.41) is 0. The fraction of sp³-hybridized carbons (Fsp3) is 0.167. The van der Waals surface area contributed by atoms with Crippen LogP contribution in [-0.4, -0.2) is 11.1 Å². The highest BCUT2D eigenvalue weighted by Gasteiger charge is 1.98. The predicted octanol–water partition coefficient (Wildman–Crippen LogP) is 2.74. The maximum absolute atomic E-state index is 5.52. The molecule has 1 heterocycles. The zero-order chi connectivity index (χ0) is 10.7. The molecule has 0 radical (unpaired) electrons. The van der Waals surface area contributed by atoms with Crippen molar-refractivity contribution >= 4 is 15.9 Å². The zero-order valence-corrected chi connectivity index (χ0v) is 9.94. The Morgan fingerprint density at radius 2 is 2.13 bits per heavy atom. The molecule has 0 aliphatic carbocycles. The molecule has 2 rings (SSSR count). The summed E-state index contributed by atoms with van der Waals surface area (Å²) in [4.78, 5) is 0. The third-order valence-corrected chi connectivity index (χ3v) is 2.79. The molecule has 0 aliphatic rings. The van der Waals surface area contributed by atoms with E-state index in [2.05, 4.69) is 51.1 Å². The Balaban J connectivity index is 2.29. The lowest BCUT2D eigenvalue weighted by Crippen LogP contribution is -2.01. The van der Waals surface area contributed by atoms with Crippen molar-refractivity contribution in [2.24, 2.45) is 5.73 Å². The van der Waals surface area contributed by atoms with Gasteiger partial charge in [-0.3, -0.25) is 0 Å². The Morgan fingerprint density at radius 3 is 2.87 bits per heavy atom. The summed E-state index contributed by atoms with van der Waals surface area (Å²) >= 11 is 3.46. The Labute approximate surface area is 97.8 Å². The van der Waals surface area contributed by atoms with E-state index in [0.717, 1.165) is 16.6 Å². The summed E-state index contributed by atoms with van der Waals surface area (Å²) < 4.78 is 3.20. The van der Waals surface area contributed by atoms with Gasteiger partial charge in [0.2, 0.25) is 0 Å². The van der Waals surface area contributed by atoms with Gasteiger partial charge in [0, 0.05) is 22.6 Å². The smallest absolute Gasteiger partial charge is 0.0460 e. The van der Waals surface area contributed by atoms with Crippen LogP contribution in [0.4, 0.5) is 0 Å². The van der Waals surface area contributed by atoms with Gasteiger partial charge < -0.3 is 10.3 Å². The molecule has 0 saturated carbocycles. The van der Waals surface area contributed by atoms with Gasteiger partial charge in [0.05, 0.1) is 0 Å². The van der Waals surface area contributed by atoms with E-state index < -0.39 is 0 Å². The zero-order valence-electron chi connectivity index (χ0n) is 8.36. The molecule has 0 unspecified atom stereocenters. The van der Waals surface area contributed by atoms with Crippen molar-refractivity contribution < 1.29 is 0 Å². The number of hydrogen-bond donors (Lipinski definition) is 1. The Hall–Kier alpha value is -1.06. The average Bonchev–Trinajstić information content (AvgIpc) is 2.67. The van der Waals surface area contributed by atoms with Crippen molar-refractivity contribution in [2.75, 3.05) is 6.54 Å². The molecule has 1 aromatic heterocycles. The maximum Gasteiger partial charge on any atom is 0.0460 e. The fourth-order valence-corrected chi connectivity index (χ4v) is 1.94. The molecule has 0 spiro atoms. The Bertz CT molecular complexity index is 448. The lowest BCUT2D eigenvalue weighted by molar-refractivity contribution is 0.961. The van der Waals surface area contributed by atoms with E-state index in [-0.39, 0.29) is 0 Å². The highest BCUT2D eigenvalue weighted by molar-refractivity contribution is 9.10. The van der Waals surface area contributed by atoms with Crippen molar-refractivity contribution in [1.29, 1.82) is 0 Å². The van der Waals surface area contributed by atoms with Crippen LogP contribution < -0.4 is 5.73 Å². The minimum Gasteiger partial charge on any atom is -0.330 e. The molecule has 0 bridgehead atoms. The molecule has 0 fully saturated rings. The van der Waals surface area contributed by atoms with Crippen molar-refractivity contribution in [3.63, 3.8) is 0 Å². The number of hydrogen-bond acceptors (Lipinski definition) is 1. The summed E-state index contributed by atoms with van der Waals surface area (Å²) in [7, 11) is 0. The number of benzene rings is 1. The van der Waals surface area contributed by atoms with E-state index in [4.69, 9.17) is 5.73 Å². The molecule has 15 heavy (non-hydrogen) atoms. The minimum atomic E-state index is 0.697. The first kappa shape index (κ1) is 10.5. The second kappa shape index (κ2) is 4.64. The number of nitrogens with zero attached hydrogens (tertiary/aromatic N) is 1. The Kier molecular flexibility index (Phi) is 3.23. The van der Waals surface area contributed by atoms with E-state index in [9.17, 15) is 0 Å². The van der Waals surface area contributed by atoms with Crippen molar-refractivity contribution in [3.8, 4) is 5.69 Å². The van der Waals surface area contributed by atoms with Gasteiger partial charge in [-0.15, -0.1) is 0 Å². The highest BCUT2D eigenvalue weighted by Crippen LogP contribution is 2.16. The molecule has 1 aromatic carbocycles. The fourth-order valence-electron chi connectivity index (χ4n) is 1.55. The van der Waals surface area contributed by atoms with Gasteiger partial charge in [-0.1, -0.05) is 22.0 Å². The summed E-state index contributed by atoms with van der Waals surface area (Å²) in [6.45, 7) is 0.697. The number of nitrogens with two attached hydrogens (primary N) is 1. The van der Waals surface area contributed by atoms with E-state index in [1.54, 1.807) is 0 Å². The van der Waals surface area contributed by atoms with Crippen LogP contribution in [0.3, 0.4) is 0 Å². The van der Waals surface area contributed by atoms with Gasteiger partial charge in [0.15, 0.2) is 0 Å². The van der Waals surface area contributed by atoms with Gasteiger partial charge in [0.25, 0.3) is 0 Å². The van der Waals surface area contributed by atoms with Crippen molar-refractivity contribution in [2.45, 2.75) is 6.42 Å². The third kappa shape index (κ3) is 2.49. The second-order valence-corrected chi connectivity index (χ2v) is 4.36. The van der Waals surface area contributed by atoms with Crippen LogP contribution in [0.1, 0.15) is 5.56 Å². The highest BCUT2D eigenvalue weighted by atomic mass is 79.9. The number of aromatic nitrogens is 1. The summed E-state index contributed by atoms with van der Waals surface area (Å²) in [6.07, 6.45) is 5.11. The van der Waals surface area contributed by atoms with Gasteiger partial charge in [0.1, 0.15) is 0 Å². The monoisotopic (exact) mass is 264 g/mol. The first-order valence-corrected chi connectivity index (χ1v) is 5.72. The van der Waals surface area contributed by atoms with E-state index >= 15 is 0 Å². The number of halogens is 1. The van der Waals surface area contributed by atoms with Gasteiger partial charge in [-0.25, -0.2) is 0 Å². The molecule has 2 nitrogen and oxygen atoms in total. The van der Waals surface area contributed by atoms with Gasteiger partial charge >= 0.3 is 0 Å². The van der Waals surface area contributed by atoms with Crippen LogP contribution in [0.25, 0.3) is 5.69 Å². The lowest BCUT2D eigenvalue weighted by Gasteiger charge is -2.02. The quantitative estimate of drug-likeness (QED) is 0.908. The standard InChI is InChI=1S/C12H13BrN2/c13-11-2-1-3-12(8-11)15-7-5-10(9-15)4-6-14/h1-3,5,7-9H,4,6,14H2. The summed E-state index contributed by atoms with van der Waals surface area (Å²) in [6, 6.07) is 10.3. The SMILES string of the molecule is NCCc1ccn(-c2cccc(Br)c2)c1. The molecule has 0 aliphatic heterocycles. The first-order valence-electron chi connectivity index (χ1n) is 4.92. The lowest BCUT2D eigenvalue weighted by atomic mass is 10.2. The average molecular weight is 265 g/mol. The van der Waals surface area contributed by atoms with Crippen molar-refractivity contribution in [1.82, 2.24) is 4.57 Å². The van der Waals surface area contributed by atoms with Crippen LogP contribution in [0.5, 0.6) is 0 Å². The molecule has 78 valence electrons. The van der Waals surface area contributed by atoms with Gasteiger partial charge in [-0.05, 0) is 42.8 Å². The molecular weight excluding hydrogens is 252 g/mol. The number of rotatable bonds is 3. The van der Waals surface area contributed by atoms with E-state index in [1.807, 2.05) is 12.1 Å². The van der Waals surface area contributed by atoms with Crippen molar-refractivity contribution in [3.05, 3.63) is 52.8 Å². The molecule has 2 aromatic rings. The van der Waals surface area contributed by atoms with Gasteiger partial charge in [-0.2, -0.15) is 0 Å². The van der Waals surface area contributed by atoms with E-state index in [0.29, 0.717) is 6.54 Å². The summed E-state index contributed by atoms with van der Waals surface area (Å²) in [5.41, 5.74) is 7.95. The molecule has 0 atom stereocenters. The third-order valence-electron chi connectivity index (χ3n) is 2.29. The topological polar surface area (TPSA) is 30.9 Å². The second-order valence-electron chi connectivity index (χ2n) is 3.45. The molecular formula is C12H13BrN2. The van der Waals surface area contributed by atoms with Crippen LogP contribution in [0, 0.1) is 0 Å². The maximum atomic E-state index is 5.52. The largest absolute Gasteiger partial charge is 0.330 e. The van der Waals surface area contributed by atoms with Crippen LogP contribution in [-0.2, 0) is 6.42 Å².